The highest BCUT2D eigenvalue weighted by molar-refractivity contribution is 5.97. The Bertz CT molecular complexity index is 982. The Balaban J connectivity index is 1.46. The Kier molecular flexibility index (Phi) is 7.21. The van der Waals surface area contributed by atoms with Gasteiger partial charge in [-0.05, 0) is 62.8 Å². The predicted molar refractivity (Wildman–Crippen MR) is 128 cm³/mol. The zero-order valence-corrected chi connectivity index (χ0v) is 19.6. The number of carbonyl (C=O) groups is 2. The van der Waals surface area contributed by atoms with Gasteiger partial charge in [-0.15, -0.1) is 0 Å². The average molecular weight is 451 g/mol. The summed E-state index contributed by atoms with van der Waals surface area (Å²) in [5, 5.41) is 3.20. The van der Waals surface area contributed by atoms with Gasteiger partial charge in [0, 0.05) is 13.1 Å². The first-order chi connectivity index (χ1) is 16.0. The monoisotopic (exact) mass is 450 g/mol. The van der Waals surface area contributed by atoms with Gasteiger partial charge in [-0.2, -0.15) is 0 Å². The predicted octanol–water partition coefficient (Wildman–Crippen LogP) is 4.23. The van der Waals surface area contributed by atoms with E-state index < -0.39 is 5.41 Å². The number of nitrogens with one attached hydrogen (secondary N) is 1. The molecule has 176 valence electrons. The lowest BCUT2D eigenvalue weighted by atomic mass is 9.73. The summed E-state index contributed by atoms with van der Waals surface area (Å²) in [6.45, 7) is 3.56. The van der Waals surface area contributed by atoms with Crippen LogP contribution in [-0.4, -0.2) is 49.6 Å². The normalized spacial score (nSPS) is 21.1. The van der Waals surface area contributed by atoms with Crippen molar-refractivity contribution in [1.82, 2.24) is 10.2 Å². The molecule has 0 saturated carbocycles. The van der Waals surface area contributed by atoms with Gasteiger partial charge >= 0.3 is 0 Å². The van der Waals surface area contributed by atoms with Gasteiger partial charge in [-0.3, -0.25) is 9.59 Å². The summed E-state index contributed by atoms with van der Waals surface area (Å²) < 4.78 is 11.4. The highest BCUT2D eigenvalue weighted by atomic mass is 16.5. The van der Waals surface area contributed by atoms with E-state index in [2.05, 4.69) is 17.4 Å². The minimum Gasteiger partial charge on any atom is -0.496 e. The number of amides is 2. The standard InChI is InChI=1S/C27H34N2O4/c1-20-19-33-23-12-5-3-9-21(23)10-7-8-14-27(26(31)28-20)15-17-29(18-16-27)25(30)22-11-4-6-13-24(22)32-2/h3-6,9,11-13,20H,7-8,10,14-19H2,1-2H3,(H,28,31)/t20-/m1/s1. The molecule has 2 heterocycles. The Morgan fingerprint density at radius 2 is 1.79 bits per heavy atom. The van der Waals surface area contributed by atoms with E-state index >= 15 is 0 Å². The van der Waals surface area contributed by atoms with Crippen molar-refractivity contribution < 1.29 is 19.1 Å². The number of nitrogens with zero attached hydrogens (tertiary/aromatic N) is 1. The van der Waals surface area contributed by atoms with Crippen molar-refractivity contribution in [3.63, 3.8) is 0 Å². The van der Waals surface area contributed by atoms with Crippen molar-refractivity contribution in [3.05, 3.63) is 59.7 Å². The maximum absolute atomic E-state index is 13.4. The number of carbonyl (C=O) groups excluding carboxylic acids is 2. The fourth-order valence-corrected chi connectivity index (χ4v) is 4.98. The molecular weight excluding hydrogens is 416 g/mol. The van der Waals surface area contributed by atoms with Crippen LogP contribution in [0.15, 0.2) is 48.5 Å². The van der Waals surface area contributed by atoms with Crippen molar-refractivity contribution in [2.24, 2.45) is 5.41 Å². The van der Waals surface area contributed by atoms with Crippen molar-refractivity contribution in [2.75, 3.05) is 26.8 Å². The Hall–Kier alpha value is -3.02. The molecule has 2 amide bonds. The van der Waals surface area contributed by atoms with E-state index in [0.29, 0.717) is 43.9 Å². The summed E-state index contributed by atoms with van der Waals surface area (Å²) in [5.74, 6) is 1.56. The second kappa shape index (κ2) is 10.3. The molecule has 1 atom stereocenters. The van der Waals surface area contributed by atoms with Crippen LogP contribution >= 0.6 is 0 Å². The first kappa shape index (κ1) is 23.1. The molecule has 1 fully saturated rings. The van der Waals surface area contributed by atoms with Crippen LogP contribution < -0.4 is 14.8 Å². The van der Waals surface area contributed by atoms with Crippen LogP contribution in [0.3, 0.4) is 0 Å². The van der Waals surface area contributed by atoms with E-state index in [0.717, 1.165) is 31.4 Å². The summed E-state index contributed by atoms with van der Waals surface area (Å²) in [4.78, 5) is 28.4. The molecule has 0 unspecified atom stereocenters. The smallest absolute Gasteiger partial charge is 0.257 e. The topological polar surface area (TPSA) is 67.9 Å². The number of hydrogen-bond donors (Lipinski definition) is 1. The number of ether oxygens (including phenoxy) is 2. The summed E-state index contributed by atoms with van der Waals surface area (Å²) in [5.41, 5.74) is 1.36. The molecule has 6 heteroatoms. The second-order valence-electron chi connectivity index (χ2n) is 9.27. The number of likely N-dealkylation sites (tertiary alicyclic amines) is 1. The molecule has 6 nitrogen and oxygen atoms in total. The molecule has 1 saturated heterocycles. The number of fused-ring (bicyclic) bond motifs is 1. The Labute approximate surface area is 196 Å². The molecule has 0 radical (unpaired) electrons. The summed E-state index contributed by atoms with van der Waals surface area (Å²) >= 11 is 0. The van der Waals surface area contributed by atoms with E-state index in [1.807, 2.05) is 36.1 Å². The molecule has 4 rings (SSSR count). The fraction of sp³-hybridized carbons (Fsp3) is 0.481. The van der Waals surface area contributed by atoms with Gasteiger partial charge in [-0.1, -0.05) is 36.8 Å². The second-order valence-corrected chi connectivity index (χ2v) is 9.27. The van der Waals surface area contributed by atoms with E-state index in [-0.39, 0.29) is 17.9 Å². The molecule has 2 aliphatic heterocycles. The summed E-state index contributed by atoms with van der Waals surface area (Å²) in [6, 6.07) is 15.4. The highest BCUT2D eigenvalue weighted by Crippen LogP contribution is 2.38. The molecule has 2 aliphatic rings. The van der Waals surface area contributed by atoms with Crippen LogP contribution in [0.1, 0.15) is 54.9 Å². The van der Waals surface area contributed by atoms with Crippen molar-refractivity contribution >= 4 is 11.8 Å². The van der Waals surface area contributed by atoms with Crippen molar-refractivity contribution in [1.29, 1.82) is 0 Å². The average Bonchev–Trinajstić information content (AvgIpc) is 2.85. The van der Waals surface area contributed by atoms with Gasteiger partial charge in [0.2, 0.25) is 5.91 Å². The van der Waals surface area contributed by atoms with Gasteiger partial charge < -0.3 is 19.7 Å². The molecule has 0 bridgehead atoms. The molecule has 33 heavy (non-hydrogen) atoms. The van der Waals surface area contributed by atoms with E-state index in [1.165, 1.54) is 5.56 Å². The van der Waals surface area contributed by atoms with Crippen LogP contribution in [0, 0.1) is 5.41 Å². The third-order valence-electron chi connectivity index (χ3n) is 7.02. The van der Waals surface area contributed by atoms with Gasteiger partial charge in [0.25, 0.3) is 5.91 Å². The highest BCUT2D eigenvalue weighted by Gasteiger charge is 2.42. The van der Waals surface area contributed by atoms with Gasteiger partial charge in [0.15, 0.2) is 0 Å². The first-order valence-electron chi connectivity index (χ1n) is 12.0. The van der Waals surface area contributed by atoms with Gasteiger partial charge in [0.05, 0.1) is 24.1 Å². The van der Waals surface area contributed by atoms with Crippen molar-refractivity contribution in [2.45, 2.75) is 51.5 Å². The van der Waals surface area contributed by atoms with Crippen LogP contribution in [-0.2, 0) is 11.2 Å². The lowest BCUT2D eigenvalue weighted by Crippen LogP contribution is -2.52. The number of methoxy groups -OCH3 is 1. The zero-order chi connectivity index (χ0) is 23.3. The van der Waals surface area contributed by atoms with E-state index in [4.69, 9.17) is 9.47 Å². The Morgan fingerprint density at radius 3 is 2.58 bits per heavy atom. The Morgan fingerprint density at radius 1 is 1.06 bits per heavy atom. The summed E-state index contributed by atoms with van der Waals surface area (Å²) in [7, 11) is 1.58. The zero-order valence-electron chi connectivity index (χ0n) is 19.6. The van der Waals surface area contributed by atoms with E-state index in [1.54, 1.807) is 19.2 Å². The van der Waals surface area contributed by atoms with Gasteiger partial charge in [-0.25, -0.2) is 0 Å². The minimum atomic E-state index is -0.440. The van der Waals surface area contributed by atoms with Crippen LogP contribution in [0.2, 0.25) is 0 Å². The maximum atomic E-state index is 13.4. The summed E-state index contributed by atoms with van der Waals surface area (Å²) in [6.07, 6.45) is 5.10. The largest absolute Gasteiger partial charge is 0.496 e. The first-order valence-corrected chi connectivity index (χ1v) is 12.0. The molecule has 2 aromatic rings. The SMILES string of the molecule is COc1ccccc1C(=O)N1CCC2(CCCCc3ccccc3OC[C@@H](C)NC2=O)CC1. The lowest BCUT2D eigenvalue weighted by Gasteiger charge is -2.41. The molecule has 1 N–H and O–H groups in total. The minimum absolute atomic E-state index is 0.0331. The molecule has 0 aromatic heterocycles. The molecule has 1 spiro atoms. The number of aryl methyl sites for hydroxylation is 1. The number of piperidine rings is 1. The third kappa shape index (κ3) is 5.15. The van der Waals surface area contributed by atoms with E-state index in [9.17, 15) is 9.59 Å². The molecule has 2 aromatic carbocycles. The van der Waals surface area contributed by atoms with Crippen LogP contribution in [0.5, 0.6) is 11.5 Å². The maximum Gasteiger partial charge on any atom is 0.257 e. The van der Waals surface area contributed by atoms with Crippen molar-refractivity contribution in [3.8, 4) is 11.5 Å². The number of rotatable bonds is 2. The number of benzene rings is 2. The third-order valence-corrected chi connectivity index (χ3v) is 7.02. The lowest BCUT2D eigenvalue weighted by molar-refractivity contribution is -0.135. The number of para-hydroxylation sites is 2. The molecular formula is C27H34N2O4. The quantitative estimate of drug-likeness (QED) is 0.744. The number of hydrogen-bond acceptors (Lipinski definition) is 4. The molecule has 0 aliphatic carbocycles. The van der Waals surface area contributed by atoms with Gasteiger partial charge in [0.1, 0.15) is 18.1 Å². The van der Waals surface area contributed by atoms with Crippen LogP contribution in [0.25, 0.3) is 0 Å². The van der Waals surface area contributed by atoms with Crippen LogP contribution in [0.4, 0.5) is 0 Å². The fourth-order valence-electron chi connectivity index (χ4n) is 4.98.